The molecule has 0 spiro atoms. The maximum Gasteiger partial charge on any atom is 0.269 e. The first-order valence-electron chi connectivity index (χ1n) is 8.43. The zero-order chi connectivity index (χ0) is 16.8. The summed E-state index contributed by atoms with van der Waals surface area (Å²) in [6.45, 7) is 2.45. The number of ether oxygens (including phenoxy) is 1. The van der Waals surface area contributed by atoms with Gasteiger partial charge in [0.2, 0.25) is 0 Å². The summed E-state index contributed by atoms with van der Waals surface area (Å²) in [6.07, 6.45) is 11.4. The molecule has 0 aromatic carbocycles. The maximum atomic E-state index is 11.7. The van der Waals surface area contributed by atoms with Gasteiger partial charge in [0.05, 0.1) is 0 Å². The highest BCUT2D eigenvalue weighted by molar-refractivity contribution is 5.92. The lowest BCUT2D eigenvalue weighted by Crippen LogP contribution is -2.22. The summed E-state index contributed by atoms with van der Waals surface area (Å²) < 4.78 is 5.96. The van der Waals surface area contributed by atoms with Gasteiger partial charge in [0.15, 0.2) is 0 Å². The average Bonchev–Trinajstić information content (AvgIpc) is 2.65. The Kier molecular flexibility index (Phi) is 5.43. The third-order valence-electron chi connectivity index (χ3n) is 4.14. The Morgan fingerprint density at radius 1 is 1.12 bits per heavy atom. The van der Waals surface area contributed by atoms with E-state index in [1.54, 1.807) is 19.3 Å². The van der Waals surface area contributed by atoms with Gasteiger partial charge in [0.25, 0.3) is 5.91 Å². The molecule has 1 aromatic heterocycles. The van der Waals surface area contributed by atoms with Gasteiger partial charge in [-0.2, -0.15) is 0 Å². The van der Waals surface area contributed by atoms with Crippen molar-refractivity contribution in [3.8, 4) is 0 Å². The molecular formula is C19H23N3O2. The molecule has 2 N–H and O–H groups in total. The van der Waals surface area contributed by atoms with Crippen molar-refractivity contribution in [1.29, 1.82) is 0 Å². The van der Waals surface area contributed by atoms with E-state index in [4.69, 9.17) is 4.74 Å². The van der Waals surface area contributed by atoms with Crippen molar-refractivity contribution in [1.82, 2.24) is 15.6 Å². The van der Waals surface area contributed by atoms with Crippen molar-refractivity contribution < 1.29 is 9.53 Å². The Bertz CT molecular complexity index is 687. The molecule has 0 fully saturated rings. The minimum atomic E-state index is -0.175. The van der Waals surface area contributed by atoms with E-state index in [0.29, 0.717) is 12.3 Å². The molecule has 5 nitrogen and oxygen atoms in total. The summed E-state index contributed by atoms with van der Waals surface area (Å²) in [5.41, 5.74) is 3.69. The van der Waals surface area contributed by atoms with Gasteiger partial charge in [-0.05, 0) is 43.5 Å². The van der Waals surface area contributed by atoms with Crippen molar-refractivity contribution in [3.63, 3.8) is 0 Å². The molecule has 0 saturated carbocycles. The van der Waals surface area contributed by atoms with Crippen LogP contribution in [0.15, 0.2) is 47.9 Å². The normalized spacial score (nSPS) is 20.5. The Labute approximate surface area is 142 Å². The van der Waals surface area contributed by atoms with Crippen LogP contribution in [0.3, 0.4) is 0 Å². The molecule has 3 rings (SSSR count). The maximum absolute atomic E-state index is 11.7. The van der Waals surface area contributed by atoms with Gasteiger partial charge < -0.3 is 15.4 Å². The second kappa shape index (κ2) is 7.93. The van der Waals surface area contributed by atoms with E-state index in [9.17, 15) is 4.79 Å². The second-order valence-electron chi connectivity index (χ2n) is 5.78. The highest BCUT2D eigenvalue weighted by atomic mass is 16.5. The van der Waals surface area contributed by atoms with E-state index in [1.807, 2.05) is 6.07 Å². The van der Waals surface area contributed by atoms with Gasteiger partial charge in [-0.1, -0.05) is 18.2 Å². The number of carbonyl (C=O) groups excluding carboxylic acids is 1. The summed E-state index contributed by atoms with van der Waals surface area (Å²) in [6, 6.07) is 3.72. The largest absolute Gasteiger partial charge is 0.492 e. The summed E-state index contributed by atoms with van der Waals surface area (Å²) in [4.78, 5) is 16.0. The zero-order valence-electron chi connectivity index (χ0n) is 14.0. The van der Waals surface area contributed by atoms with E-state index in [-0.39, 0.29) is 5.91 Å². The SMILES string of the molecule is CNC(=O)c1ccc(/C2=C/CCNCCOC3=CCCC=C32)cn1. The predicted octanol–water partition coefficient (Wildman–Crippen LogP) is 2.44. The van der Waals surface area contributed by atoms with Crippen LogP contribution in [0.1, 0.15) is 35.3 Å². The van der Waals surface area contributed by atoms with E-state index in [2.05, 4.69) is 33.8 Å². The first-order chi connectivity index (χ1) is 11.8. The summed E-state index contributed by atoms with van der Waals surface area (Å²) in [5, 5.41) is 5.96. The van der Waals surface area contributed by atoms with Gasteiger partial charge in [-0.25, -0.2) is 0 Å². The number of nitrogens with one attached hydrogen (secondary N) is 2. The number of allylic oxidation sites excluding steroid dienone is 3. The number of rotatable bonds is 2. The van der Waals surface area contributed by atoms with E-state index < -0.39 is 0 Å². The molecule has 1 aliphatic carbocycles. The summed E-state index contributed by atoms with van der Waals surface area (Å²) in [7, 11) is 1.61. The number of carbonyl (C=O) groups is 1. The van der Waals surface area contributed by atoms with Crippen LogP contribution in [-0.2, 0) is 4.74 Å². The van der Waals surface area contributed by atoms with Crippen LogP contribution in [0.4, 0.5) is 0 Å². The van der Waals surface area contributed by atoms with Crippen molar-refractivity contribution in [3.05, 3.63) is 59.1 Å². The van der Waals surface area contributed by atoms with Crippen LogP contribution in [-0.4, -0.2) is 37.6 Å². The molecular weight excluding hydrogens is 302 g/mol. The lowest BCUT2D eigenvalue weighted by atomic mass is 9.92. The minimum absolute atomic E-state index is 0.175. The Balaban J connectivity index is 1.94. The smallest absolute Gasteiger partial charge is 0.269 e. The van der Waals surface area contributed by atoms with Crippen molar-refractivity contribution in [2.45, 2.75) is 19.3 Å². The van der Waals surface area contributed by atoms with Crippen LogP contribution in [0.25, 0.3) is 5.57 Å². The van der Waals surface area contributed by atoms with Gasteiger partial charge in [0.1, 0.15) is 18.1 Å². The zero-order valence-corrected chi connectivity index (χ0v) is 14.0. The van der Waals surface area contributed by atoms with Crippen molar-refractivity contribution >= 4 is 11.5 Å². The number of fused-ring (bicyclic) bond motifs is 1. The monoisotopic (exact) mass is 325 g/mol. The molecule has 126 valence electrons. The molecule has 2 heterocycles. The number of hydrogen-bond donors (Lipinski definition) is 2. The molecule has 0 bridgehead atoms. The number of hydrogen-bond acceptors (Lipinski definition) is 4. The van der Waals surface area contributed by atoms with Crippen LogP contribution in [0.5, 0.6) is 0 Å². The number of pyridine rings is 1. The summed E-state index contributed by atoms with van der Waals surface area (Å²) in [5.74, 6) is 0.776. The molecule has 1 aromatic rings. The molecule has 24 heavy (non-hydrogen) atoms. The number of amides is 1. The van der Waals surface area contributed by atoms with Gasteiger partial charge in [0, 0.05) is 30.9 Å². The number of aromatic nitrogens is 1. The first kappa shape index (κ1) is 16.5. The molecule has 0 radical (unpaired) electrons. The number of nitrogens with zero attached hydrogens (tertiary/aromatic N) is 1. The molecule has 1 amide bonds. The van der Waals surface area contributed by atoms with Gasteiger partial charge in [-0.3, -0.25) is 9.78 Å². The summed E-state index contributed by atoms with van der Waals surface area (Å²) >= 11 is 0. The van der Waals surface area contributed by atoms with Gasteiger partial charge in [-0.15, -0.1) is 0 Å². The highest BCUT2D eigenvalue weighted by Gasteiger charge is 2.18. The van der Waals surface area contributed by atoms with E-state index in [0.717, 1.165) is 54.8 Å². The third kappa shape index (κ3) is 3.74. The topological polar surface area (TPSA) is 63.2 Å². The van der Waals surface area contributed by atoms with Crippen LogP contribution in [0.2, 0.25) is 0 Å². The molecule has 2 aliphatic rings. The minimum Gasteiger partial charge on any atom is -0.492 e. The van der Waals surface area contributed by atoms with Crippen LogP contribution >= 0.6 is 0 Å². The second-order valence-corrected chi connectivity index (χ2v) is 5.78. The lowest BCUT2D eigenvalue weighted by Gasteiger charge is -2.21. The Morgan fingerprint density at radius 3 is 2.75 bits per heavy atom. The van der Waals surface area contributed by atoms with E-state index in [1.165, 1.54) is 0 Å². The van der Waals surface area contributed by atoms with E-state index >= 15 is 0 Å². The first-order valence-corrected chi connectivity index (χ1v) is 8.43. The van der Waals surface area contributed by atoms with Crippen LogP contribution in [0, 0.1) is 0 Å². The third-order valence-corrected chi connectivity index (χ3v) is 4.14. The molecule has 1 aliphatic heterocycles. The predicted molar refractivity (Wildman–Crippen MR) is 94.4 cm³/mol. The van der Waals surface area contributed by atoms with Crippen molar-refractivity contribution in [2.75, 3.05) is 26.7 Å². The fourth-order valence-corrected chi connectivity index (χ4v) is 2.91. The fourth-order valence-electron chi connectivity index (χ4n) is 2.91. The van der Waals surface area contributed by atoms with Crippen molar-refractivity contribution in [2.24, 2.45) is 0 Å². The Hall–Kier alpha value is -2.40. The molecule has 5 heteroatoms. The van der Waals surface area contributed by atoms with Gasteiger partial charge >= 0.3 is 0 Å². The molecule has 0 unspecified atom stereocenters. The highest BCUT2D eigenvalue weighted by Crippen LogP contribution is 2.33. The molecule has 0 atom stereocenters. The standard InChI is InChI=1S/C19H23N3O2/c1-20-19(23)17-9-8-14(13-22-17)15-6-4-10-21-11-12-24-18-7-3-2-5-16(15)18/h5-9,13,21H,2-4,10-12H2,1H3,(H,20,23)/b15-6-. The molecule has 0 saturated heterocycles. The fraction of sp³-hybridized carbons (Fsp3) is 0.368. The van der Waals surface area contributed by atoms with Crippen LogP contribution < -0.4 is 10.6 Å². The lowest BCUT2D eigenvalue weighted by molar-refractivity contribution is 0.0958. The average molecular weight is 325 g/mol. The Morgan fingerprint density at radius 2 is 1.96 bits per heavy atom. The quantitative estimate of drug-likeness (QED) is 0.877.